The van der Waals surface area contributed by atoms with Crippen LogP contribution in [0, 0.1) is 0 Å². The number of carbonyl (C=O) groups excluding carboxylic acids is 1. The van der Waals surface area contributed by atoms with E-state index in [0.29, 0.717) is 11.1 Å². The zero-order chi connectivity index (χ0) is 18.0. The average Bonchev–Trinajstić information content (AvgIpc) is 2.92. The Hall–Kier alpha value is -2.78. The van der Waals surface area contributed by atoms with Crippen LogP contribution in [0.3, 0.4) is 0 Å². The van der Waals surface area contributed by atoms with E-state index >= 15 is 0 Å². The van der Waals surface area contributed by atoms with Gasteiger partial charge in [0.25, 0.3) is 5.91 Å². The van der Waals surface area contributed by atoms with Crippen molar-refractivity contribution < 1.29 is 33.3 Å². The average molecular weight is 352 g/mol. The van der Waals surface area contributed by atoms with Gasteiger partial charge in [-0.3, -0.25) is 9.78 Å². The lowest BCUT2D eigenvalue weighted by Gasteiger charge is -2.09. The minimum atomic E-state index is -3.68. The van der Waals surface area contributed by atoms with Gasteiger partial charge in [-0.05, 0) is 23.8 Å². The molecule has 1 aromatic carbocycles. The summed E-state index contributed by atoms with van der Waals surface area (Å²) in [7, 11) is 0. The molecular weight excluding hydrogens is 338 g/mol. The summed E-state index contributed by atoms with van der Waals surface area (Å²) in [6.07, 6.45) is -3.32. The number of pyridine rings is 1. The number of hydrogen-bond donors (Lipinski definition) is 3. The van der Waals surface area contributed by atoms with Crippen molar-refractivity contribution in [3.05, 3.63) is 42.2 Å². The number of benzene rings is 1. The first kappa shape index (κ1) is 17.1. The molecule has 0 radical (unpaired) electrons. The highest BCUT2D eigenvalue weighted by Gasteiger charge is 2.43. The lowest BCUT2D eigenvalue weighted by molar-refractivity contribution is -0.286. The molecule has 1 aliphatic heterocycles. The molecule has 2 aromatic rings. The number of aliphatic hydroxyl groups is 2. The van der Waals surface area contributed by atoms with Crippen LogP contribution in [-0.4, -0.2) is 46.7 Å². The quantitative estimate of drug-likeness (QED) is 0.746. The van der Waals surface area contributed by atoms with Crippen molar-refractivity contribution in [3.63, 3.8) is 0 Å². The molecule has 9 heteroatoms. The molecule has 1 aromatic heterocycles. The molecule has 1 amide bonds. The molecule has 0 bridgehead atoms. The van der Waals surface area contributed by atoms with Crippen LogP contribution in [0.15, 0.2) is 36.5 Å². The molecule has 0 saturated carbocycles. The van der Waals surface area contributed by atoms with Crippen LogP contribution in [0.5, 0.6) is 11.5 Å². The Morgan fingerprint density at radius 1 is 1.20 bits per heavy atom. The van der Waals surface area contributed by atoms with E-state index in [1.165, 1.54) is 24.4 Å². The van der Waals surface area contributed by atoms with Gasteiger partial charge in [-0.1, -0.05) is 12.1 Å². The van der Waals surface area contributed by atoms with Gasteiger partial charge in [0.05, 0.1) is 12.7 Å². The van der Waals surface area contributed by atoms with Gasteiger partial charge in [0, 0.05) is 18.3 Å². The number of hydrogen-bond acceptors (Lipinski definition) is 6. The van der Waals surface area contributed by atoms with Crippen LogP contribution in [0.25, 0.3) is 11.1 Å². The highest BCUT2D eigenvalue weighted by atomic mass is 19.3. The molecule has 132 valence electrons. The number of alkyl halides is 2. The highest BCUT2D eigenvalue weighted by molar-refractivity contribution is 5.92. The van der Waals surface area contributed by atoms with Crippen LogP contribution < -0.4 is 14.8 Å². The van der Waals surface area contributed by atoms with Crippen molar-refractivity contribution in [1.29, 1.82) is 0 Å². The lowest BCUT2D eigenvalue weighted by atomic mass is 10.1. The molecule has 1 aliphatic rings. The molecule has 1 unspecified atom stereocenters. The van der Waals surface area contributed by atoms with Gasteiger partial charge in [0.1, 0.15) is 5.69 Å². The second-order valence-corrected chi connectivity index (χ2v) is 5.31. The van der Waals surface area contributed by atoms with Crippen LogP contribution in [0.4, 0.5) is 8.78 Å². The number of nitrogens with zero attached hydrogens (tertiary/aromatic N) is 1. The number of amides is 1. The van der Waals surface area contributed by atoms with Crippen LogP contribution >= 0.6 is 0 Å². The fraction of sp³-hybridized carbons (Fsp3) is 0.250. The van der Waals surface area contributed by atoms with E-state index in [9.17, 15) is 18.7 Å². The second-order valence-electron chi connectivity index (χ2n) is 5.31. The molecule has 1 atom stereocenters. The third kappa shape index (κ3) is 3.83. The molecule has 3 rings (SSSR count). The molecular formula is C16H14F2N2O5. The van der Waals surface area contributed by atoms with Gasteiger partial charge in [-0.15, -0.1) is 8.78 Å². The first-order valence-corrected chi connectivity index (χ1v) is 7.31. The lowest BCUT2D eigenvalue weighted by Crippen LogP contribution is -2.34. The van der Waals surface area contributed by atoms with Gasteiger partial charge in [0.15, 0.2) is 11.5 Å². The van der Waals surface area contributed by atoms with Crippen molar-refractivity contribution >= 4 is 5.91 Å². The first-order valence-electron chi connectivity index (χ1n) is 7.31. The standard InChI is InChI=1S/C16H14F2N2O5/c17-16(18)24-13-4-2-9(5-14(13)25-16)10-1-3-12(19-6-10)15(23)20-7-11(22)8-21/h1-6,11,21-22H,7-8H2,(H,20,23). The molecule has 25 heavy (non-hydrogen) atoms. The van der Waals surface area contributed by atoms with Gasteiger partial charge in [-0.25, -0.2) is 0 Å². The number of carbonyl (C=O) groups is 1. The molecule has 3 N–H and O–H groups in total. The maximum Gasteiger partial charge on any atom is 0.586 e. The minimum absolute atomic E-state index is 0.0554. The first-order chi connectivity index (χ1) is 11.9. The summed E-state index contributed by atoms with van der Waals surface area (Å²) in [6.45, 7) is -0.565. The van der Waals surface area contributed by atoms with Gasteiger partial charge < -0.3 is 25.0 Å². The highest BCUT2D eigenvalue weighted by Crippen LogP contribution is 2.42. The summed E-state index contributed by atoms with van der Waals surface area (Å²) < 4.78 is 34.8. The van der Waals surface area contributed by atoms with E-state index in [-0.39, 0.29) is 23.7 Å². The largest absolute Gasteiger partial charge is 0.586 e. The fourth-order valence-electron chi connectivity index (χ4n) is 2.19. The predicted octanol–water partition coefficient (Wildman–Crippen LogP) is 1.15. The molecule has 0 aliphatic carbocycles. The molecule has 2 heterocycles. The van der Waals surface area contributed by atoms with Gasteiger partial charge in [-0.2, -0.15) is 0 Å². The van der Waals surface area contributed by atoms with Crippen molar-refractivity contribution in [2.45, 2.75) is 12.4 Å². The zero-order valence-corrected chi connectivity index (χ0v) is 12.8. The Balaban J connectivity index is 1.72. The fourth-order valence-corrected chi connectivity index (χ4v) is 2.19. The Kier molecular flexibility index (Phi) is 4.51. The third-order valence-electron chi connectivity index (χ3n) is 3.44. The normalized spacial score (nSPS) is 15.7. The maximum atomic E-state index is 13.0. The van der Waals surface area contributed by atoms with Crippen molar-refractivity contribution in [2.75, 3.05) is 13.2 Å². The van der Waals surface area contributed by atoms with Crippen molar-refractivity contribution in [3.8, 4) is 22.6 Å². The molecule has 7 nitrogen and oxygen atoms in total. The molecule has 0 saturated heterocycles. The maximum absolute atomic E-state index is 13.0. The van der Waals surface area contributed by atoms with E-state index in [1.807, 2.05) is 0 Å². The number of aromatic nitrogens is 1. The Morgan fingerprint density at radius 3 is 2.60 bits per heavy atom. The molecule has 0 spiro atoms. The number of aliphatic hydroxyl groups excluding tert-OH is 2. The number of nitrogens with one attached hydrogen (secondary N) is 1. The monoisotopic (exact) mass is 352 g/mol. The van der Waals surface area contributed by atoms with Crippen molar-refractivity contribution in [2.24, 2.45) is 0 Å². The van der Waals surface area contributed by atoms with Gasteiger partial charge >= 0.3 is 6.29 Å². The van der Waals surface area contributed by atoms with E-state index in [2.05, 4.69) is 19.8 Å². The smallest absolute Gasteiger partial charge is 0.395 e. The number of ether oxygens (including phenoxy) is 2. The second kappa shape index (κ2) is 6.61. The number of halogens is 2. The van der Waals surface area contributed by atoms with E-state index in [0.717, 1.165) is 0 Å². The van der Waals surface area contributed by atoms with Crippen molar-refractivity contribution in [1.82, 2.24) is 10.3 Å². The van der Waals surface area contributed by atoms with E-state index in [1.54, 1.807) is 12.1 Å². The van der Waals surface area contributed by atoms with E-state index < -0.39 is 24.9 Å². The Morgan fingerprint density at radius 2 is 1.92 bits per heavy atom. The zero-order valence-electron chi connectivity index (χ0n) is 12.8. The van der Waals surface area contributed by atoms with Gasteiger partial charge in [0.2, 0.25) is 0 Å². The topological polar surface area (TPSA) is 101 Å². The SMILES string of the molecule is O=C(NCC(O)CO)c1ccc(-c2ccc3c(c2)OC(F)(F)O3)cn1. The number of fused-ring (bicyclic) bond motifs is 1. The minimum Gasteiger partial charge on any atom is -0.395 e. The van der Waals surface area contributed by atoms with Crippen LogP contribution in [0.2, 0.25) is 0 Å². The van der Waals surface area contributed by atoms with E-state index in [4.69, 9.17) is 5.11 Å². The third-order valence-corrected chi connectivity index (χ3v) is 3.44. The summed E-state index contributed by atoms with van der Waals surface area (Å²) in [5, 5.41) is 20.3. The Bertz CT molecular complexity index is 783. The summed E-state index contributed by atoms with van der Waals surface area (Å²) in [6, 6.07) is 7.38. The van der Waals surface area contributed by atoms with Crippen LogP contribution in [-0.2, 0) is 0 Å². The summed E-state index contributed by atoms with van der Waals surface area (Å²) in [4.78, 5) is 15.9. The summed E-state index contributed by atoms with van der Waals surface area (Å²) >= 11 is 0. The number of rotatable bonds is 5. The Labute approximate surface area is 140 Å². The molecule has 0 fully saturated rings. The summed E-state index contributed by atoms with van der Waals surface area (Å²) in [5.41, 5.74) is 1.27. The van der Waals surface area contributed by atoms with Crippen LogP contribution in [0.1, 0.15) is 10.5 Å². The predicted molar refractivity (Wildman–Crippen MR) is 81.3 cm³/mol. The summed E-state index contributed by atoms with van der Waals surface area (Å²) in [5.74, 6) is -0.646.